The molecule has 0 atom stereocenters. The first-order valence-electron chi connectivity index (χ1n) is 4.02. The van der Waals surface area contributed by atoms with Crippen molar-refractivity contribution in [3.63, 3.8) is 0 Å². The van der Waals surface area contributed by atoms with Crippen molar-refractivity contribution in [1.29, 1.82) is 0 Å². The highest BCUT2D eigenvalue weighted by atomic mass is 16.1. The highest BCUT2D eigenvalue weighted by Crippen LogP contribution is 2.16. The number of ketones is 1. The Morgan fingerprint density at radius 3 is 2.67 bits per heavy atom. The first-order chi connectivity index (χ1) is 5.50. The molecule has 0 aromatic carbocycles. The maximum atomic E-state index is 11.5. The fourth-order valence-corrected chi connectivity index (χ4v) is 0.812. The number of carbonyl (C=O) groups is 1. The number of hydrogen-bond acceptors (Lipinski definition) is 2. The normalized spacial score (nSPS) is 11.6. The van der Waals surface area contributed by atoms with Crippen LogP contribution in [0.1, 0.15) is 26.6 Å². The summed E-state index contributed by atoms with van der Waals surface area (Å²) in [6.07, 6.45) is 3.78. The Hall–Kier alpha value is -1.12. The van der Waals surface area contributed by atoms with E-state index in [1.54, 1.807) is 12.4 Å². The van der Waals surface area contributed by atoms with Gasteiger partial charge in [-0.25, -0.2) is 4.98 Å². The number of imidazole rings is 1. The fraction of sp³-hybridized carbons (Fsp3) is 0.556. The zero-order valence-corrected chi connectivity index (χ0v) is 7.72. The number of H-pyrrole nitrogens is 1. The lowest BCUT2D eigenvalue weighted by molar-refractivity contribution is -0.125. The molecule has 12 heavy (non-hydrogen) atoms. The van der Waals surface area contributed by atoms with Crippen molar-refractivity contribution in [2.24, 2.45) is 5.41 Å². The summed E-state index contributed by atoms with van der Waals surface area (Å²) in [6.45, 7) is 5.74. The number of hydrogen-bond donors (Lipinski definition) is 1. The molecule has 1 aromatic heterocycles. The molecule has 3 heteroatoms. The summed E-state index contributed by atoms with van der Waals surface area (Å²) in [7, 11) is 0. The van der Waals surface area contributed by atoms with Gasteiger partial charge in [0.15, 0.2) is 0 Å². The second-order valence-corrected chi connectivity index (χ2v) is 3.89. The summed E-state index contributed by atoms with van der Waals surface area (Å²) < 4.78 is 0. The number of nitrogens with one attached hydrogen (secondary N) is 1. The molecule has 3 nitrogen and oxygen atoms in total. The van der Waals surface area contributed by atoms with Crippen molar-refractivity contribution < 1.29 is 4.79 Å². The van der Waals surface area contributed by atoms with Crippen LogP contribution in [-0.4, -0.2) is 15.8 Å². The van der Waals surface area contributed by atoms with E-state index >= 15 is 0 Å². The van der Waals surface area contributed by atoms with Crippen LogP contribution in [0.4, 0.5) is 0 Å². The van der Waals surface area contributed by atoms with Gasteiger partial charge in [-0.15, -0.1) is 0 Å². The van der Waals surface area contributed by atoms with Gasteiger partial charge >= 0.3 is 0 Å². The molecular weight excluding hydrogens is 152 g/mol. The monoisotopic (exact) mass is 166 g/mol. The van der Waals surface area contributed by atoms with E-state index in [0.29, 0.717) is 6.42 Å². The predicted molar refractivity (Wildman–Crippen MR) is 46.8 cm³/mol. The fourth-order valence-electron chi connectivity index (χ4n) is 0.812. The Labute approximate surface area is 72.2 Å². The first-order valence-corrected chi connectivity index (χ1v) is 4.02. The van der Waals surface area contributed by atoms with E-state index in [-0.39, 0.29) is 11.2 Å². The van der Waals surface area contributed by atoms with Gasteiger partial charge in [0.1, 0.15) is 11.6 Å². The van der Waals surface area contributed by atoms with Gasteiger partial charge < -0.3 is 4.98 Å². The van der Waals surface area contributed by atoms with E-state index in [1.165, 1.54) is 0 Å². The second kappa shape index (κ2) is 3.09. The largest absolute Gasteiger partial charge is 0.348 e. The SMILES string of the molecule is CC(C)(C)C(=O)Cc1ncc[nH]1. The second-order valence-electron chi connectivity index (χ2n) is 3.89. The number of Topliss-reactive ketones (excluding diaryl/α,β-unsaturated/α-hetero) is 1. The van der Waals surface area contributed by atoms with E-state index < -0.39 is 0 Å². The third kappa shape index (κ3) is 2.19. The highest BCUT2D eigenvalue weighted by molar-refractivity contribution is 5.85. The van der Waals surface area contributed by atoms with Gasteiger partial charge in [-0.05, 0) is 0 Å². The molecule has 0 amide bonds. The minimum absolute atomic E-state index is 0.206. The molecule has 0 unspecified atom stereocenters. The molecule has 0 saturated heterocycles. The highest BCUT2D eigenvalue weighted by Gasteiger charge is 2.21. The van der Waals surface area contributed by atoms with Gasteiger partial charge in [0.05, 0.1) is 6.42 Å². The van der Waals surface area contributed by atoms with Crippen LogP contribution in [0.25, 0.3) is 0 Å². The molecule has 0 aliphatic carbocycles. The van der Waals surface area contributed by atoms with E-state index in [1.807, 2.05) is 20.8 Å². The topological polar surface area (TPSA) is 45.8 Å². The number of nitrogens with zero attached hydrogens (tertiary/aromatic N) is 1. The van der Waals surface area contributed by atoms with Crippen molar-refractivity contribution in [2.75, 3.05) is 0 Å². The van der Waals surface area contributed by atoms with E-state index in [4.69, 9.17) is 0 Å². The summed E-state index contributed by atoms with van der Waals surface area (Å²) in [4.78, 5) is 18.4. The average Bonchev–Trinajstić information content (AvgIpc) is 2.37. The summed E-state index contributed by atoms with van der Waals surface area (Å²) in [5.41, 5.74) is -0.271. The third-order valence-corrected chi connectivity index (χ3v) is 1.72. The number of rotatable bonds is 2. The summed E-state index contributed by atoms with van der Waals surface area (Å²) in [5.74, 6) is 0.951. The predicted octanol–water partition coefficient (Wildman–Crippen LogP) is 1.57. The van der Waals surface area contributed by atoms with Gasteiger partial charge in [0.25, 0.3) is 0 Å². The zero-order valence-electron chi connectivity index (χ0n) is 7.72. The standard InChI is InChI=1S/C9H14N2O/c1-9(2,3)7(12)6-8-10-4-5-11-8/h4-5H,6H2,1-3H3,(H,10,11). The molecule has 0 spiro atoms. The van der Waals surface area contributed by atoms with E-state index in [2.05, 4.69) is 9.97 Å². The molecule has 1 heterocycles. The summed E-state index contributed by atoms with van der Waals surface area (Å²) in [5, 5.41) is 0. The summed E-state index contributed by atoms with van der Waals surface area (Å²) >= 11 is 0. The molecule has 0 aliphatic heterocycles. The molecule has 0 radical (unpaired) electrons. The Balaban J connectivity index is 2.60. The smallest absolute Gasteiger partial charge is 0.145 e. The summed E-state index contributed by atoms with van der Waals surface area (Å²) in [6, 6.07) is 0. The molecule has 1 rings (SSSR count). The minimum atomic E-state index is -0.271. The van der Waals surface area contributed by atoms with Gasteiger partial charge in [-0.2, -0.15) is 0 Å². The Morgan fingerprint density at radius 1 is 1.58 bits per heavy atom. The third-order valence-electron chi connectivity index (χ3n) is 1.72. The Kier molecular flexibility index (Phi) is 2.31. The van der Waals surface area contributed by atoms with Gasteiger partial charge in [0.2, 0.25) is 0 Å². The van der Waals surface area contributed by atoms with Crippen LogP contribution >= 0.6 is 0 Å². The van der Waals surface area contributed by atoms with Crippen molar-refractivity contribution in [3.8, 4) is 0 Å². The maximum Gasteiger partial charge on any atom is 0.145 e. The lowest BCUT2D eigenvalue weighted by atomic mass is 9.89. The number of aromatic nitrogens is 2. The minimum Gasteiger partial charge on any atom is -0.348 e. The van der Waals surface area contributed by atoms with Crippen molar-refractivity contribution >= 4 is 5.78 Å². The molecule has 66 valence electrons. The first kappa shape index (κ1) is 8.97. The molecule has 1 aromatic rings. The van der Waals surface area contributed by atoms with Crippen molar-refractivity contribution in [3.05, 3.63) is 18.2 Å². The van der Waals surface area contributed by atoms with Gasteiger partial charge in [-0.1, -0.05) is 20.8 Å². The lowest BCUT2D eigenvalue weighted by Crippen LogP contribution is -2.22. The lowest BCUT2D eigenvalue weighted by Gasteiger charge is -2.15. The van der Waals surface area contributed by atoms with Crippen molar-refractivity contribution in [2.45, 2.75) is 27.2 Å². The maximum absolute atomic E-state index is 11.5. The van der Waals surface area contributed by atoms with E-state index in [9.17, 15) is 4.79 Å². The Morgan fingerprint density at radius 2 is 2.25 bits per heavy atom. The van der Waals surface area contributed by atoms with Crippen LogP contribution < -0.4 is 0 Å². The molecule has 0 bridgehead atoms. The molecule has 0 fully saturated rings. The zero-order chi connectivity index (χ0) is 9.19. The molecule has 1 N–H and O–H groups in total. The average molecular weight is 166 g/mol. The number of aromatic amines is 1. The van der Waals surface area contributed by atoms with Crippen LogP contribution in [-0.2, 0) is 11.2 Å². The van der Waals surface area contributed by atoms with Crippen molar-refractivity contribution in [1.82, 2.24) is 9.97 Å². The van der Waals surface area contributed by atoms with Crippen LogP contribution in [0.3, 0.4) is 0 Å². The van der Waals surface area contributed by atoms with Crippen LogP contribution in [0, 0.1) is 5.41 Å². The van der Waals surface area contributed by atoms with Gasteiger partial charge in [0, 0.05) is 17.8 Å². The molecule has 0 aliphatic rings. The Bertz CT molecular complexity index is 257. The molecular formula is C9H14N2O. The molecule has 0 saturated carbocycles. The number of carbonyl (C=O) groups excluding carboxylic acids is 1. The van der Waals surface area contributed by atoms with Gasteiger partial charge in [-0.3, -0.25) is 4.79 Å². The van der Waals surface area contributed by atoms with Crippen LogP contribution in [0.2, 0.25) is 0 Å². The quantitative estimate of drug-likeness (QED) is 0.724. The van der Waals surface area contributed by atoms with Crippen LogP contribution in [0.5, 0.6) is 0 Å². The van der Waals surface area contributed by atoms with E-state index in [0.717, 1.165) is 5.82 Å². The van der Waals surface area contributed by atoms with Crippen LogP contribution in [0.15, 0.2) is 12.4 Å².